The van der Waals surface area contributed by atoms with Gasteiger partial charge in [-0.15, -0.1) is 0 Å². The molecule has 0 unspecified atom stereocenters. The quantitative estimate of drug-likeness (QED) is 0.632. The van der Waals surface area contributed by atoms with Gasteiger partial charge >= 0.3 is 7.12 Å². The van der Waals surface area contributed by atoms with Crippen molar-refractivity contribution >= 4 is 7.12 Å². The minimum absolute atomic E-state index is 0.0231. The van der Waals surface area contributed by atoms with Gasteiger partial charge in [0.2, 0.25) is 0 Å². The summed E-state index contributed by atoms with van der Waals surface area (Å²) in [5.41, 5.74) is -0.314. The molecule has 0 aromatic carbocycles. The highest BCUT2D eigenvalue weighted by molar-refractivity contribution is 6.45. The third-order valence-electron chi connectivity index (χ3n) is 4.07. The lowest BCUT2D eigenvalue weighted by Gasteiger charge is -2.32. The lowest BCUT2D eigenvalue weighted by atomic mass is 9.81. The number of rotatable bonds is 2. The molecule has 2 fully saturated rings. The van der Waals surface area contributed by atoms with E-state index >= 15 is 0 Å². The average Bonchev–Trinajstić information content (AvgIpc) is 2.57. The van der Waals surface area contributed by atoms with Crippen LogP contribution in [-0.2, 0) is 9.31 Å². The molecule has 0 radical (unpaired) electrons. The van der Waals surface area contributed by atoms with Crippen LogP contribution in [0.2, 0.25) is 6.32 Å². The van der Waals surface area contributed by atoms with E-state index in [-0.39, 0.29) is 18.3 Å². The summed E-state index contributed by atoms with van der Waals surface area (Å²) in [5.74, 6) is 1.72. The first-order valence-electron chi connectivity index (χ1n) is 5.67. The van der Waals surface area contributed by atoms with Crippen molar-refractivity contribution in [3.8, 4) is 0 Å². The lowest BCUT2D eigenvalue weighted by Crippen LogP contribution is -2.41. The summed E-state index contributed by atoms with van der Waals surface area (Å²) in [7, 11) is 0.0231. The summed E-state index contributed by atoms with van der Waals surface area (Å²) in [6.45, 7) is 10.8. The van der Waals surface area contributed by atoms with Gasteiger partial charge in [0.05, 0.1) is 11.2 Å². The second-order valence-corrected chi connectivity index (χ2v) is 5.89. The zero-order valence-corrected chi connectivity index (χ0v) is 9.96. The smallest absolute Gasteiger partial charge is 0.403 e. The topological polar surface area (TPSA) is 18.5 Å². The van der Waals surface area contributed by atoms with E-state index in [4.69, 9.17) is 9.31 Å². The molecule has 1 saturated carbocycles. The molecule has 0 N–H and O–H groups in total. The van der Waals surface area contributed by atoms with Crippen LogP contribution in [0.5, 0.6) is 0 Å². The SMILES string of the molecule is C[C@@H]1C[C@@H]1CB1OC(C)(C)C(C)(C)O1. The second kappa shape index (κ2) is 2.99. The fourth-order valence-corrected chi connectivity index (χ4v) is 2.04. The van der Waals surface area contributed by atoms with Crippen molar-refractivity contribution in [1.82, 2.24) is 0 Å². The van der Waals surface area contributed by atoms with Gasteiger partial charge in [0, 0.05) is 0 Å². The fourth-order valence-electron chi connectivity index (χ4n) is 2.04. The average molecular weight is 196 g/mol. The van der Waals surface area contributed by atoms with Crippen LogP contribution in [0.25, 0.3) is 0 Å². The molecule has 0 amide bonds. The van der Waals surface area contributed by atoms with Gasteiger partial charge in [-0.25, -0.2) is 0 Å². The van der Waals surface area contributed by atoms with E-state index in [0.29, 0.717) is 0 Å². The molecule has 2 aliphatic rings. The Morgan fingerprint density at radius 1 is 1.14 bits per heavy atom. The number of hydrogen-bond donors (Lipinski definition) is 0. The Labute approximate surface area is 87.5 Å². The van der Waals surface area contributed by atoms with Crippen LogP contribution in [0, 0.1) is 11.8 Å². The van der Waals surface area contributed by atoms with E-state index in [0.717, 1.165) is 18.2 Å². The molecule has 2 rings (SSSR count). The van der Waals surface area contributed by atoms with E-state index in [1.165, 1.54) is 6.42 Å². The highest BCUT2D eigenvalue weighted by atomic mass is 16.7. The van der Waals surface area contributed by atoms with Gasteiger partial charge < -0.3 is 9.31 Å². The molecule has 0 bridgehead atoms. The third kappa shape index (κ3) is 1.72. The van der Waals surface area contributed by atoms with Crippen LogP contribution < -0.4 is 0 Å². The first kappa shape index (κ1) is 10.5. The van der Waals surface area contributed by atoms with Crippen molar-refractivity contribution in [3.63, 3.8) is 0 Å². The number of hydrogen-bond acceptors (Lipinski definition) is 2. The molecular formula is C11H21BO2. The minimum Gasteiger partial charge on any atom is -0.403 e. The second-order valence-electron chi connectivity index (χ2n) is 5.89. The molecule has 3 heteroatoms. The fraction of sp³-hybridized carbons (Fsp3) is 1.00. The molecule has 0 aromatic heterocycles. The summed E-state index contributed by atoms with van der Waals surface area (Å²) >= 11 is 0. The summed E-state index contributed by atoms with van der Waals surface area (Å²) in [5, 5.41) is 0. The van der Waals surface area contributed by atoms with Crippen LogP contribution in [-0.4, -0.2) is 18.3 Å². The maximum absolute atomic E-state index is 5.94. The molecular weight excluding hydrogens is 175 g/mol. The molecule has 1 heterocycles. The Balaban J connectivity index is 1.93. The van der Waals surface area contributed by atoms with Gasteiger partial charge in [0.25, 0.3) is 0 Å². The minimum atomic E-state index is -0.157. The zero-order valence-electron chi connectivity index (χ0n) is 9.96. The van der Waals surface area contributed by atoms with E-state index < -0.39 is 0 Å². The van der Waals surface area contributed by atoms with Crippen LogP contribution in [0.15, 0.2) is 0 Å². The van der Waals surface area contributed by atoms with Gasteiger partial charge in [-0.05, 0) is 52.3 Å². The van der Waals surface area contributed by atoms with Crippen LogP contribution in [0.1, 0.15) is 41.0 Å². The molecule has 0 aromatic rings. The zero-order chi connectivity index (χ0) is 10.6. The molecule has 2 nitrogen and oxygen atoms in total. The van der Waals surface area contributed by atoms with Crippen molar-refractivity contribution in [2.75, 3.05) is 0 Å². The standard InChI is InChI=1S/C11H21BO2/c1-8-6-9(8)7-12-13-10(2,3)11(4,5)14-12/h8-9H,6-7H2,1-5H3/t8-,9-/m1/s1. The summed E-state index contributed by atoms with van der Waals surface area (Å²) in [6.07, 6.45) is 2.43. The Kier molecular flexibility index (Phi) is 2.24. The third-order valence-corrected chi connectivity index (χ3v) is 4.07. The highest BCUT2D eigenvalue weighted by Gasteiger charge is 2.52. The molecule has 14 heavy (non-hydrogen) atoms. The van der Waals surface area contributed by atoms with Crippen molar-refractivity contribution in [1.29, 1.82) is 0 Å². The van der Waals surface area contributed by atoms with Gasteiger partial charge in [-0.3, -0.25) is 0 Å². The van der Waals surface area contributed by atoms with Crippen molar-refractivity contribution in [2.45, 2.75) is 58.6 Å². The summed E-state index contributed by atoms with van der Waals surface area (Å²) in [6, 6.07) is 0. The van der Waals surface area contributed by atoms with Crippen molar-refractivity contribution in [2.24, 2.45) is 11.8 Å². The van der Waals surface area contributed by atoms with Gasteiger partial charge in [0.1, 0.15) is 0 Å². The maximum Gasteiger partial charge on any atom is 0.458 e. The molecule has 0 spiro atoms. The Bertz CT molecular complexity index is 221. The first-order valence-corrected chi connectivity index (χ1v) is 5.67. The summed E-state index contributed by atoms with van der Waals surface area (Å²) < 4.78 is 11.9. The Hall–Kier alpha value is -0.0151. The maximum atomic E-state index is 5.94. The van der Waals surface area contributed by atoms with E-state index in [2.05, 4.69) is 34.6 Å². The normalized spacial score (nSPS) is 38.8. The predicted octanol–water partition coefficient (Wildman–Crippen LogP) is 2.73. The monoisotopic (exact) mass is 196 g/mol. The van der Waals surface area contributed by atoms with Crippen LogP contribution >= 0.6 is 0 Å². The van der Waals surface area contributed by atoms with E-state index in [1.807, 2.05) is 0 Å². The van der Waals surface area contributed by atoms with Gasteiger partial charge in [-0.1, -0.05) is 6.92 Å². The lowest BCUT2D eigenvalue weighted by molar-refractivity contribution is 0.00578. The molecule has 80 valence electrons. The molecule has 1 aliphatic carbocycles. The van der Waals surface area contributed by atoms with Gasteiger partial charge in [0.15, 0.2) is 0 Å². The Morgan fingerprint density at radius 2 is 1.57 bits per heavy atom. The van der Waals surface area contributed by atoms with E-state index in [1.54, 1.807) is 0 Å². The predicted molar refractivity (Wildman–Crippen MR) is 58.2 cm³/mol. The molecule has 1 aliphatic heterocycles. The van der Waals surface area contributed by atoms with Gasteiger partial charge in [-0.2, -0.15) is 0 Å². The highest BCUT2D eigenvalue weighted by Crippen LogP contribution is 2.46. The molecule has 2 atom stereocenters. The Morgan fingerprint density at radius 3 is 1.93 bits per heavy atom. The first-order chi connectivity index (χ1) is 6.32. The molecule has 1 saturated heterocycles. The summed E-state index contributed by atoms with van der Waals surface area (Å²) in [4.78, 5) is 0. The van der Waals surface area contributed by atoms with Crippen molar-refractivity contribution < 1.29 is 9.31 Å². The van der Waals surface area contributed by atoms with Crippen LogP contribution in [0.3, 0.4) is 0 Å². The van der Waals surface area contributed by atoms with Crippen LogP contribution in [0.4, 0.5) is 0 Å². The largest absolute Gasteiger partial charge is 0.458 e. The van der Waals surface area contributed by atoms with Crippen molar-refractivity contribution in [3.05, 3.63) is 0 Å². The van der Waals surface area contributed by atoms with E-state index in [9.17, 15) is 0 Å².